The first-order valence-electron chi connectivity index (χ1n) is 5.08. The summed E-state index contributed by atoms with van der Waals surface area (Å²) in [6.45, 7) is 5.23. The minimum Gasteiger partial charge on any atom is -0.368 e. The number of aromatic nitrogens is 2. The maximum absolute atomic E-state index is 4.25. The Kier molecular flexibility index (Phi) is 4.78. The van der Waals surface area contributed by atoms with Crippen LogP contribution in [0.5, 0.6) is 0 Å². The zero-order valence-corrected chi connectivity index (χ0v) is 9.68. The van der Waals surface area contributed by atoms with E-state index in [-0.39, 0.29) is 12.4 Å². The number of nitrogens with zero attached hydrogens (tertiary/aromatic N) is 2. The molecule has 1 aromatic rings. The summed E-state index contributed by atoms with van der Waals surface area (Å²) >= 11 is 0. The smallest absolute Gasteiger partial charge is 0.147 e. The minimum absolute atomic E-state index is 0. The first-order valence-corrected chi connectivity index (χ1v) is 5.08. The van der Waals surface area contributed by atoms with Crippen molar-refractivity contribution >= 4 is 18.2 Å². The van der Waals surface area contributed by atoms with Gasteiger partial charge in [-0.3, -0.25) is 4.98 Å². The molecule has 0 radical (unpaired) electrons. The summed E-state index contributed by atoms with van der Waals surface area (Å²) in [5.74, 6) is 1.65. The van der Waals surface area contributed by atoms with Crippen LogP contribution in [0.15, 0.2) is 12.4 Å². The number of hydrogen-bond donors (Lipinski definition) is 2. The number of anilines is 1. The normalized spacial score (nSPS) is 19.7. The van der Waals surface area contributed by atoms with Crippen molar-refractivity contribution in [2.75, 3.05) is 25.0 Å². The van der Waals surface area contributed by atoms with Gasteiger partial charge in [0.25, 0.3) is 0 Å². The second-order valence-electron chi connectivity index (χ2n) is 3.73. The average Bonchev–Trinajstić information content (AvgIpc) is 2.69. The fourth-order valence-electron chi connectivity index (χ4n) is 1.71. The lowest BCUT2D eigenvalue weighted by molar-refractivity contribution is 0.613. The van der Waals surface area contributed by atoms with Crippen molar-refractivity contribution in [1.29, 1.82) is 0 Å². The van der Waals surface area contributed by atoms with Gasteiger partial charge in [0, 0.05) is 18.9 Å². The summed E-state index contributed by atoms with van der Waals surface area (Å²) in [4.78, 5) is 8.43. The summed E-state index contributed by atoms with van der Waals surface area (Å²) in [7, 11) is 0. The van der Waals surface area contributed by atoms with Gasteiger partial charge in [-0.25, -0.2) is 4.98 Å². The van der Waals surface area contributed by atoms with Crippen molar-refractivity contribution in [3.8, 4) is 0 Å². The molecule has 5 heteroatoms. The molecular formula is C10H17ClN4. The largest absolute Gasteiger partial charge is 0.368 e. The summed E-state index contributed by atoms with van der Waals surface area (Å²) in [5.41, 5.74) is 0.971. The third-order valence-electron chi connectivity index (χ3n) is 2.60. The van der Waals surface area contributed by atoms with Gasteiger partial charge in [-0.15, -0.1) is 12.4 Å². The van der Waals surface area contributed by atoms with Gasteiger partial charge in [0.15, 0.2) is 0 Å². The maximum Gasteiger partial charge on any atom is 0.147 e. The number of hydrogen-bond acceptors (Lipinski definition) is 4. The topological polar surface area (TPSA) is 49.8 Å². The van der Waals surface area contributed by atoms with Crippen LogP contribution >= 0.6 is 12.4 Å². The molecule has 1 atom stereocenters. The SMILES string of the molecule is Cc1nccnc1NCC1CCNC1.Cl. The van der Waals surface area contributed by atoms with E-state index in [1.807, 2.05) is 6.92 Å². The highest BCUT2D eigenvalue weighted by atomic mass is 35.5. The van der Waals surface area contributed by atoms with Gasteiger partial charge in [-0.1, -0.05) is 0 Å². The molecular weight excluding hydrogens is 212 g/mol. The predicted octanol–water partition coefficient (Wildman–Crippen LogP) is 1.23. The van der Waals surface area contributed by atoms with E-state index >= 15 is 0 Å². The summed E-state index contributed by atoms with van der Waals surface area (Å²) in [6, 6.07) is 0. The van der Waals surface area contributed by atoms with Gasteiger partial charge in [0.2, 0.25) is 0 Å². The molecule has 2 heterocycles. The fourth-order valence-corrected chi connectivity index (χ4v) is 1.71. The van der Waals surface area contributed by atoms with E-state index in [1.54, 1.807) is 12.4 Å². The molecule has 0 amide bonds. The van der Waals surface area contributed by atoms with Gasteiger partial charge in [0.1, 0.15) is 5.82 Å². The van der Waals surface area contributed by atoms with Crippen molar-refractivity contribution < 1.29 is 0 Å². The van der Waals surface area contributed by atoms with Crippen LogP contribution in [0.2, 0.25) is 0 Å². The second-order valence-corrected chi connectivity index (χ2v) is 3.73. The van der Waals surface area contributed by atoms with Crippen LogP contribution < -0.4 is 10.6 Å². The Labute approximate surface area is 96.3 Å². The molecule has 1 aliphatic heterocycles. The highest BCUT2D eigenvalue weighted by molar-refractivity contribution is 5.85. The zero-order valence-electron chi connectivity index (χ0n) is 8.86. The fraction of sp³-hybridized carbons (Fsp3) is 0.600. The van der Waals surface area contributed by atoms with Crippen LogP contribution in [0.1, 0.15) is 12.1 Å². The summed E-state index contributed by atoms with van der Waals surface area (Å²) in [6.07, 6.45) is 4.70. The molecule has 1 aromatic heterocycles. The lowest BCUT2D eigenvalue weighted by atomic mass is 10.1. The van der Waals surface area contributed by atoms with E-state index in [9.17, 15) is 0 Å². The third kappa shape index (κ3) is 3.32. The van der Waals surface area contributed by atoms with E-state index < -0.39 is 0 Å². The van der Waals surface area contributed by atoms with Crippen molar-refractivity contribution in [3.05, 3.63) is 18.1 Å². The van der Waals surface area contributed by atoms with Crippen LogP contribution in [0, 0.1) is 12.8 Å². The Hall–Kier alpha value is -0.870. The molecule has 1 saturated heterocycles. The molecule has 0 saturated carbocycles. The average molecular weight is 229 g/mol. The van der Waals surface area contributed by atoms with E-state index in [0.29, 0.717) is 0 Å². The Morgan fingerprint density at radius 1 is 1.47 bits per heavy atom. The predicted molar refractivity (Wildman–Crippen MR) is 63.5 cm³/mol. The summed E-state index contributed by atoms with van der Waals surface area (Å²) < 4.78 is 0. The molecule has 1 aliphatic rings. The Balaban J connectivity index is 0.00000112. The quantitative estimate of drug-likeness (QED) is 0.817. The lowest BCUT2D eigenvalue weighted by Crippen LogP contribution is -2.18. The third-order valence-corrected chi connectivity index (χ3v) is 2.60. The van der Waals surface area contributed by atoms with Crippen molar-refractivity contribution in [2.24, 2.45) is 5.92 Å². The Morgan fingerprint density at radius 2 is 2.27 bits per heavy atom. The lowest BCUT2D eigenvalue weighted by Gasteiger charge is -2.11. The number of rotatable bonds is 3. The molecule has 2 N–H and O–H groups in total. The number of aryl methyl sites for hydroxylation is 1. The first kappa shape index (κ1) is 12.2. The highest BCUT2D eigenvalue weighted by Gasteiger charge is 2.14. The van der Waals surface area contributed by atoms with Gasteiger partial charge in [-0.05, 0) is 32.4 Å². The minimum atomic E-state index is 0. The molecule has 1 unspecified atom stereocenters. The summed E-state index contributed by atoms with van der Waals surface area (Å²) in [5, 5.41) is 6.69. The second kappa shape index (κ2) is 5.88. The van der Waals surface area contributed by atoms with Gasteiger partial charge in [0.05, 0.1) is 5.69 Å². The zero-order chi connectivity index (χ0) is 9.80. The molecule has 0 bridgehead atoms. The molecule has 15 heavy (non-hydrogen) atoms. The standard InChI is InChI=1S/C10H16N4.ClH/c1-8-10(13-5-4-12-8)14-7-9-2-3-11-6-9;/h4-5,9,11H,2-3,6-7H2,1H3,(H,13,14);1H. The van der Waals surface area contributed by atoms with E-state index in [0.717, 1.165) is 37.1 Å². The molecule has 0 aliphatic carbocycles. The molecule has 84 valence electrons. The van der Waals surface area contributed by atoms with Crippen LogP contribution in [-0.4, -0.2) is 29.6 Å². The molecule has 4 nitrogen and oxygen atoms in total. The monoisotopic (exact) mass is 228 g/mol. The van der Waals surface area contributed by atoms with Crippen LogP contribution in [0.25, 0.3) is 0 Å². The van der Waals surface area contributed by atoms with Crippen LogP contribution in [0.3, 0.4) is 0 Å². The van der Waals surface area contributed by atoms with Crippen molar-refractivity contribution in [3.63, 3.8) is 0 Å². The molecule has 0 spiro atoms. The van der Waals surface area contributed by atoms with Crippen LogP contribution in [-0.2, 0) is 0 Å². The van der Waals surface area contributed by atoms with E-state index in [2.05, 4.69) is 20.6 Å². The number of halogens is 1. The Morgan fingerprint density at radius 3 is 2.93 bits per heavy atom. The van der Waals surface area contributed by atoms with Crippen LogP contribution in [0.4, 0.5) is 5.82 Å². The first-order chi connectivity index (χ1) is 6.86. The number of nitrogens with one attached hydrogen (secondary N) is 2. The van der Waals surface area contributed by atoms with Gasteiger partial charge < -0.3 is 10.6 Å². The molecule has 1 fully saturated rings. The maximum atomic E-state index is 4.25. The highest BCUT2D eigenvalue weighted by Crippen LogP contribution is 2.11. The van der Waals surface area contributed by atoms with Crippen molar-refractivity contribution in [2.45, 2.75) is 13.3 Å². The molecule has 2 rings (SSSR count). The molecule has 0 aromatic carbocycles. The van der Waals surface area contributed by atoms with Crippen molar-refractivity contribution in [1.82, 2.24) is 15.3 Å². The van der Waals surface area contributed by atoms with E-state index in [1.165, 1.54) is 6.42 Å². The van der Waals surface area contributed by atoms with Gasteiger partial charge >= 0.3 is 0 Å². The van der Waals surface area contributed by atoms with E-state index in [4.69, 9.17) is 0 Å². The Bertz CT molecular complexity index is 299. The van der Waals surface area contributed by atoms with Gasteiger partial charge in [-0.2, -0.15) is 0 Å².